The second-order valence-electron chi connectivity index (χ2n) is 6.93. The fraction of sp³-hybridized carbons (Fsp3) is 0.476. The lowest BCUT2D eigenvalue weighted by molar-refractivity contribution is -0.160. The van der Waals surface area contributed by atoms with Gasteiger partial charge < -0.3 is 24.5 Å². The van der Waals surface area contributed by atoms with E-state index in [0.29, 0.717) is 18.6 Å². The van der Waals surface area contributed by atoms with Crippen molar-refractivity contribution >= 4 is 12.7 Å². The van der Waals surface area contributed by atoms with E-state index in [4.69, 9.17) is 21.2 Å². The molecule has 1 aromatic rings. The lowest BCUT2D eigenvalue weighted by Crippen LogP contribution is -2.50. The predicted molar refractivity (Wildman–Crippen MR) is 105 cm³/mol. The maximum atomic E-state index is 11.7. The van der Waals surface area contributed by atoms with Crippen molar-refractivity contribution in [3.63, 3.8) is 0 Å². The summed E-state index contributed by atoms with van der Waals surface area (Å²) in [4.78, 5) is 19.5. The summed E-state index contributed by atoms with van der Waals surface area (Å²) in [6, 6.07) is 7.30. The number of methoxy groups -OCH3 is 1. The average molecular weight is 386 g/mol. The third-order valence-electron chi connectivity index (χ3n) is 5.31. The maximum absolute atomic E-state index is 11.7. The van der Waals surface area contributed by atoms with Crippen molar-refractivity contribution in [2.45, 2.75) is 43.4 Å². The zero-order valence-electron chi connectivity index (χ0n) is 16.0. The highest BCUT2D eigenvalue weighted by atomic mass is 16.6. The first-order valence-electron chi connectivity index (χ1n) is 9.06. The van der Waals surface area contributed by atoms with Gasteiger partial charge in [-0.25, -0.2) is 11.4 Å². The van der Waals surface area contributed by atoms with Crippen molar-refractivity contribution in [3.8, 4) is 5.75 Å². The number of hydrogen-bond donors (Lipinski definition) is 2. The van der Waals surface area contributed by atoms with E-state index in [0.717, 1.165) is 5.56 Å². The summed E-state index contributed by atoms with van der Waals surface area (Å²) in [5, 5.41) is 19.3. The van der Waals surface area contributed by atoms with Crippen molar-refractivity contribution in [3.05, 3.63) is 53.5 Å². The zero-order chi connectivity index (χ0) is 20.7. The molecule has 7 nitrogen and oxygen atoms in total. The number of rotatable bonds is 8. The van der Waals surface area contributed by atoms with Crippen LogP contribution in [0, 0.1) is 12.5 Å². The standard InChI is InChI=1S/C21H26N2O5/c1-14(22-2)21(23-3,12-15-5-8-17(27-4)9-6-15)18-11-16(25)7-10-19(18)28-20(26)13-24/h5-6,8-9,16,18-19,24-25H,1-2,7,10-13H2,4H3. The zero-order valence-corrected chi connectivity index (χ0v) is 16.0. The molecule has 7 heteroatoms. The Balaban J connectivity index is 2.45. The van der Waals surface area contributed by atoms with Crippen LogP contribution in [0.2, 0.25) is 0 Å². The molecule has 1 aliphatic rings. The normalized spacial score (nSPS) is 23.7. The second kappa shape index (κ2) is 9.49. The Morgan fingerprint density at radius 1 is 1.39 bits per heavy atom. The minimum Gasteiger partial charge on any atom is -0.497 e. The lowest BCUT2D eigenvalue weighted by Gasteiger charge is -2.39. The Kier molecular flexibility index (Phi) is 7.32. The Bertz CT molecular complexity index is 755. The molecule has 0 amide bonds. The van der Waals surface area contributed by atoms with E-state index < -0.39 is 36.2 Å². The number of aliphatic hydroxyl groups excluding tert-OH is 2. The van der Waals surface area contributed by atoms with Crippen LogP contribution in [0.3, 0.4) is 0 Å². The molecule has 2 rings (SSSR count). The molecular weight excluding hydrogens is 360 g/mol. The molecule has 0 aliphatic heterocycles. The third-order valence-corrected chi connectivity index (χ3v) is 5.31. The quantitative estimate of drug-likeness (QED) is 0.406. The number of benzene rings is 1. The van der Waals surface area contributed by atoms with Crippen LogP contribution in [-0.4, -0.2) is 54.4 Å². The van der Waals surface area contributed by atoms with Gasteiger partial charge in [0.2, 0.25) is 0 Å². The van der Waals surface area contributed by atoms with Gasteiger partial charge in [-0.05, 0) is 43.7 Å². The average Bonchev–Trinajstić information content (AvgIpc) is 2.73. The van der Waals surface area contributed by atoms with Crippen molar-refractivity contribution < 1.29 is 24.5 Å². The summed E-state index contributed by atoms with van der Waals surface area (Å²) in [5.74, 6) is -0.600. The SMILES string of the molecule is [C-]#[N+]C(Cc1ccc(OC)cc1)(C(=C)N=C)C1CC(O)CCC1OC(=O)CO. The molecule has 0 heterocycles. The monoisotopic (exact) mass is 386 g/mol. The molecule has 0 bridgehead atoms. The fourth-order valence-corrected chi connectivity index (χ4v) is 3.80. The Morgan fingerprint density at radius 3 is 2.61 bits per heavy atom. The maximum Gasteiger partial charge on any atom is 0.332 e. The van der Waals surface area contributed by atoms with Crippen LogP contribution < -0.4 is 4.74 Å². The van der Waals surface area contributed by atoms with Gasteiger partial charge in [0, 0.05) is 0 Å². The first kappa shape index (κ1) is 21.6. The number of carbonyl (C=O) groups excluding carboxylic acids is 1. The predicted octanol–water partition coefficient (Wildman–Crippen LogP) is 2.18. The smallest absolute Gasteiger partial charge is 0.332 e. The van der Waals surface area contributed by atoms with E-state index in [1.54, 1.807) is 19.2 Å². The van der Waals surface area contributed by atoms with Gasteiger partial charge in [0.05, 0.1) is 25.6 Å². The van der Waals surface area contributed by atoms with Crippen molar-refractivity contribution in [2.75, 3.05) is 13.7 Å². The Labute approximate surface area is 165 Å². The van der Waals surface area contributed by atoms with Crippen molar-refractivity contribution in [1.29, 1.82) is 0 Å². The summed E-state index contributed by atoms with van der Waals surface area (Å²) in [6.07, 6.45) is 0.115. The molecule has 1 aliphatic carbocycles. The van der Waals surface area contributed by atoms with E-state index in [-0.39, 0.29) is 18.5 Å². The van der Waals surface area contributed by atoms with Gasteiger partial charge in [-0.2, -0.15) is 0 Å². The number of aliphatic imine (C=N–C) groups is 1. The molecule has 1 saturated carbocycles. The van der Waals surface area contributed by atoms with E-state index >= 15 is 0 Å². The van der Waals surface area contributed by atoms with Crippen LogP contribution in [0.4, 0.5) is 0 Å². The summed E-state index contributed by atoms with van der Waals surface area (Å²) >= 11 is 0. The number of aliphatic hydroxyl groups is 2. The molecule has 150 valence electrons. The third kappa shape index (κ3) is 4.58. The van der Waals surface area contributed by atoms with Crippen LogP contribution >= 0.6 is 0 Å². The summed E-state index contributed by atoms with van der Waals surface area (Å²) in [6.45, 7) is 14.7. The van der Waals surface area contributed by atoms with Crippen LogP contribution in [0.1, 0.15) is 24.8 Å². The summed E-state index contributed by atoms with van der Waals surface area (Å²) < 4.78 is 10.6. The molecule has 0 radical (unpaired) electrons. The minimum absolute atomic E-state index is 0.260. The molecule has 1 fully saturated rings. The van der Waals surface area contributed by atoms with Gasteiger partial charge in [-0.1, -0.05) is 18.7 Å². The second-order valence-corrected chi connectivity index (χ2v) is 6.93. The first-order chi connectivity index (χ1) is 13.4. The summed E-state index contributed by atoms with van der Waals surface area (Å²) in [5.41, 5.74) is -0.116. The number of carbonyl (C=O) groups is 1. The summed E-state index contributed by atoms with van der Waals surface area (Å²) in [7, 11) is 1.57. The van der Waals surface area contributed by atoms with E-state index in [1.165, 1.54) is 0 Å². The largest absolute Gasteiger partial charge is 0.497 e. The first-order valence-corrected chi connectivity index (χ1v) is 9.06. The highest BCUT2D eigenvalue weighted by Crippen LogP contribution is 2.43. The minimum atomic E-state index is -1.24. The Hall–Kier alpha value is -2.69. The number of esters is 1. The Morgan fingerprint density at radius 2 is 2.07 bits per heavy atom. The molecule has 4 atom stereocenters. The number of ether oxygens (including phenoxy) is 2. The number of nitrogens with zero attached hydrogens (tertiary/aromatic N) is 2. The molecule has 2 N–H and O–H groups in total. The highest BCUT2D eigenvalue weighted by Gasteiger charge is 2.55. The molecular formula is C21H26N2O5. The number of hydrogen-bond acceptors (Lipinski definition) is 6. The van der Waals surface area contributed by atoms with Crippen molar-refractivity contribution in [1.82, 2.24) is 0 Å². The van der Waals surface area contributed by atoms with Gasteiger partial charge in [0.15, 0.2) is 0 Å². The molecule has 1 aromatic carbocycles. The van der Waals surface area contributed by atoms with E-state index in [2.05, 4.69) is 23.1 Å². The molecule has 0 saturated heterocycles. The molecule has 0 aromatic heterocycles. The van der Waals surface area contributed by atoms with Gasteiger partial charge in [0.25, 0.3) is 5.54 Å². The lowest BCUT2D eigenvalue weighted by atomic mass is 9.68. The topological polar surface area (TPSA) is 92.7 Å². The van der Waals surface area contributed by atoms with Crippen LogP contribution in [0.5, 0.6) is 5.75 Å². The molecule has 0 spiro atoms. The van der Waals surface area contributed by atoms with Gasteiger partial charge >= 0.3 is 5.97 Å². The van der Waals surface area contributed by atoms with Crippen molar-refractivity contribution in [2.24, 2.45) is 10.9 Å². The van der Waals surface area contributed by atoms with Crippen LogP contribution in [0.25, 0.3) is 4.85 Å². The van der Waals surface area contributed by atoms with Crippen LogP contribution in [0.15, 0.2) is 41.5 Å². The van der Waals surface area contributed by atoms with Gasteiger partial charge in [0.1, 0.15) is 24.2 Å². The van der Waals surface area contributed by atoms with Crippen LogP contribution in [-0.2, 0) is 16.0 Å². The van der Waals surface area contributed by atoms with Gasteiger partial charge in [-0.15, -0.1) is 0 Å². The van der Waals surface area contributed by atoms with Gasteiger partial charge in [-0.3, -0.25) is 4.99 Å². The molecule has 4 unspecified atom stereocenters. The van der Waals surface area contributed by atoms with E-state index in [1.807, 2.05) is 12.1 Å². The fourth-order valence-electron chi connectivity index (χ4n) is 3.80. The van der Waals surface area contributed by atoms with E-state index in [9.17, 15) is 9.90 Å². The highest BCUT2D eigenvalue weighted by molar-refractivity contribution is 5.70. The molecule has 28 heavy (non-hydrogen) atoms.